The van der Waals surface area contributed by atoms with Crippen LogP contribution in [-0.4, -0.2) is 11.0 Å². The predicted octanol–water partition coefficient (Wildman–Crippen LogP) is 3.38. The van der Waals surface area contributed by atoms with Gasteiger partial charge >= 0.3 is 0 Å². The highest BCUT2D eigenvalue weighted by molar-refractivity contribution is 6.07. The Morgan fingerprint density at radius 3 is 2.52 bits per heavy atom. The van der Waals surface area contributed by atoms with Crippen LogP contribution < -0.4 is 11.1 Å². The largest absolute Gasteiger partial charge is 0.506 e. The Bertz CT molecular complexity index is 814. The number of phenolic OH excluding ortho intramolecular Hbond substituents is 1. The third-order valence-electron chi connectivity index (χ3n) is 3.33. The summed E-state index contributed by atoms with van der Waals surface area (Å²) in [6, 6.07) is 17.7. The van der Waals surface area contributed by atoms with Gasteiger partial charge in [0.05, 0.1) is 5.69 Å². The highest BCUT2D eigenvalue weighted by Gasteiger charge is 2.09. The number of rotatable bonds is 2. The lowest BCUT2D eigenvalue weighted by Gasteiger charge is -2.08. The summed E-state index contributed by atoms with van der Waals surface area (Å²) < 4.78 is 0. The third-order valence-corrected chi connectivity index (χ3v) is 3.33. The number of para-hydroxylation sites is 1. The van der Waals surface area contributed by atoms with Gasteiger partial charge in [-0.2, -0.15) is 0 Å². The van der Waals surface area contributed by atoms with E-state index in [9.17, 15) is 9.90 Å². The molecule has 0 bridgehead atoms. The average molecular weight is 278 g/mol. The predicted molar refractivity (Wildman–Crippen MR) is 84.4 cm³/mol. The monoisotopic (exact) mass is 278 g/mol. The standard InChI is InChI=1S/C17H14N2O2/c18-16-14-8-6-12(10-11(14)7-9-15(16)20)17(21)19-13-4-2-1-3-5-13/h1-10,20H,18H2,(H,19,21). The summed E-state index contributed by atoms with van der Waals surface area (Å²) in [5.74, 6) is -0.140. The van der Waals surface area contributed by atoms with Crippen molar-refractivity contribution in [2.45, 2.75) is 0 Å². The van der Waals surface area contributed by atoms with Crippen molar-refractivity contribution in [3.8, 4) is 5.75 Å². The fourth-order valence-corrected chi connectivity index (χ4v) is 2.21. The lowest BCUT2D eigenvalue weighted by atomic mass is 10.0. The fraction of sp³-hybridized carbons (Fsp3) is 0. The van der Waals surface area contributed by atoms with Gasteiger partial charge in [-0.25, -0.2) is 0 Å². The van der Waals surface area contributed by atoms with Crippen molar-refractivity contribution in [3.63, 3.8) is 0 Å². The average Bonchev–Trinajstić information content (AvgIpc) is 2.51. The second-order valence-electron chi connectivity index (χ2n) is 4.75. The number of carbonyl (C=O) groups excluding carboxylic acids is 1. The molecule has 0 unspecified atom stereocenters. The molecule has 1 amide bonds. The molecule has 0 radical (unpaired) electrons. The normalized spacial score (nSPS) is 10.5. The van der Waals surface area contributed by atoms with Gasteiger partial charge in [-0.3, -0.25) is 4.79 Å². The quantitative estimate of drug-likeness (QED) is 0.497. The molecule has 3 aromatic carbocycles. The van der Waals surface area contributed by atoms with Crippen LogP contribution >= 0.6 is 0 Å². The van der Waals surface area contributed by atoms with Gasteiger partial charge < -0.3 is 16.2 Å². The minimum absolute atomic E-state index is 0.0454. The minimum atomic E-state index is -0.185. The van der Waals surface area contributed by atoms with Crippen molar-refractivity contribution >= 4 is 28.1 Å². The molecule has 0 aliphatic heterocycles. The Hall–Kier alpha value is -3.01. The number of hydrogen-bond acceptors (Lipinski definition) is 3. The van der Waals surface area contributed by atoms with Gasteiger partial charge in [-0.05, 0) is 35.7 Å². The summed E-state index contributed by atoms with van der Waals surface area (Å²) in [5.41, 5.74) is 7.42. The first-order chi connectivity index (χ1) is 10.1. The Labute approximate surface area is 121 Å². The SMILES string of the molecule is Nc1c(O)ccc2cc(C(=O)Nc3ccccc3)ccc12. The summed E-state index contributed by atoms with van der Waals surface area (Å²) in [6.07, 6.45) is 0. The second kappa shape index (κ2) is 5.17. The molecule has 0 saturated heterocycles. The van der Waals surface area contributed by atoms with Crippen LogP contribution in [0.3, 0.4) is 0 Å². The molecule has 0 atom stereocenters. The number of anilines is 2. The summed E-state index contributed by atoms with van der Waals surface area (Å²) in [7, 11) is 0. The van der Waals surface area contributed by atoms with Gasteiger partial charge in [0, 0.05) is 16.6 Å². The van der Waals surface area contributed by atoms with E-state index in [0.29, 0.717) is 11.3 Å². The Kier molecular flexibility index (Phi) is 3.20. The summed E-state index contributed by atoms with van der Waals surface area (Å²) in [5, 5.41) is 14.0. The van der Waals surface area contributed by atoms with Crippen LogP contribution in [-0.2, 0) is 0 Å². The van der Waals surface area contributed by atoms with Gasteiger partial charge in [0.15, 0.2) is 0 Å². The number of nitrogens with two attached hydrogens (primary N) is 1. The summed E-state index contributed by atoms with van der Waals surface area (Å²) in [6.45, 7) is 0. The maximum atomic E-state index is 12.2. The van der Waals surface area contributed by atoms with Gasteiger partial charge in [0.2, 0.25) is 0 Å². The molecule has 0 aliphatic rings. The molecule has 21 heavy (non-hydrogen) atoms. The molecule has 0 heterocycles. The zero-order valence-electron chi connectivity index (χ0n) is 11.2. The highest BCUT2D eigenvalue weighted by Crippen LogP contribution is 2.30. The molecular formula is C17H14N2O2. The highest BCUT2D eigenvalue weighted by atomic mass is 16.3. The number of fused-ring (bicyclic) bond motifs is 1. The Balaban J connectivity index is 1.94. The fourth-order valence-electron chi connectivity index (χ4n) is 2.21. The van der Waals surface area contributed by atoms with Crippen LogP contribution in [0.2, 0.25) is 0 Å². The van der Waals surface area contributed by atoms with Crippen LogP contribution in [0.15, 0.2) is 60.7 Å². The molecule has 3 rings (SSSR count). The number of benzene rings is 3. The van der Waals surface area contributed by atoms with Crippen LogP contribution in [0.5, 0.6) is 5.75 Å². The van der Waals surface area contributed by atoms with E-state index in [4.69, 9.17) is 5.73 Å². The number of nitrogens with one attached hydrogen (secondary N) is 1. The number of aromatic hydroxyl groups is 1. The Morgan fingerprint density at radius 1 is 1.00 bits per heavy atom. The second-order valence-corrected chi connectivity index (χ2v) is 4.75. The number of phenols is 1. The van der Waals surface area contributed by atoms with Crippen molar-refractivity contribution in [3.05, 3.63) is 66.2 Å². The number of amides is 1. The molecule has 0 fully saturated rings. The maximum Gasteiger partial charge on any atom is 0.255 e. The minimum Gasteiger partial charge on any atom is -0.506 e. The van der Waals surface area contributed by atoms with Crippen LogP contribution in [0, 0.1) is 0 Å². The van der Waals surface area contributed by atoms with E-state index in [2.05, 4.69) is 5.32 Å². The lowest BCUT2D eigenvalue weighted by molar-refractivity contribution is 0.102. The molecule has 0 aromatic heterocycles. The summed E-state index contributed by atoms with van der Waals surface area (Å²) >= 11 is 0. The van der Waals surface area contributed by atoms with Crippen molar-refractivity contribution < 1.29 is 9.90 Å². The molecule has 3 aromatic rings. The van der Waals surface area contributed by atoms with Crippen molar-refractivity contribution in [1.82, 2.24) is 0 Å². The molecule has 0 spiro atoms. The van der Waals surface area contributed by atoms with Crippen molar-refractivity contribution in [1.29, 1.82) is 0 Å². The van der Waals surface area contributed by atoms with Crippen LogP contribution in [0.4, 0.5) is 11.4 Å². The zero-order chi connectivity index (χ0) is 14.8. The number of nitrogen functional groups attached to an aromatic ring is 1. The molecule has 0 aliphatic carbocycles. The molecule has 4 N–H and O–H groups in total. The van der Waals surface area contributed by atoms with E-state index in [0.717, 1.165) is 16.5 Å². The smallest absolute Gasteiger partial charge is 0.255 e. The first-order valence-electron chi connectivity index (χ1n) is 6.53. The van der Waals surface area contributed by atoms with Gasteiger partial charge in [-0.15, -0.1) is 0 Å². The summed E-state index contributed by atoms with van der Waals surface area (Å²) in [4.78, 5) is 12.2. The van der Waals surface area contributed by atoms with Crippen LogP contribution in [0.1, 0.15) is 10.4 Å². The third kappa shape index (κ3) is 2.51. The van der Waals surface area contributed by atoms with E-state index < -0.39 is 0 Å². The van der Waals surface area contributed by atoms with E-state index >= 15 is 0 Å². The van der Waals surface area contributed by atoms with Gasteiger partial charge in [-0.1, -0.05) is 30.3 Å². The lowest BCUT2D eigenvalue weighted by Crippen LogP contribution is -2.11. The van der Waals surface area contributed by atoms with E-state index in [1.807, 2.05) is 30.3 Å². The van der Waals surface area contributed by atoms with Gasteiger partial charge in [0.1, 0.15) is 5.75 Å². The molecule has 104 valence electrons. The topological polar surface area (TPSA) is 75.3 Å². The maximum absolute atomic E-state index is 12.2. The van der Waals surface area contributed by atoms with Gasteiger partial charge in [0.25, 0.3) is 5.91 Å². The van der Waals surface area contributed by atoms with E-state index in [1.165, 1.54) is 6.07 Å². The molecule has 4 nitrogen and oxygen atoms in total. The Morgan fingerprint density at radius 2 is 1.76 bits per heavy atom. The van der Waals surface area contributed by atoms with Crippen molar-refractivity contribution in [2.75, 3.05) is 11.1 Å². The van der Waals surface area contributed by atoms with E-state index in [1.54, 1.807) is 24.3 Å². The molecule has 0 saturated carbocycles. The molecule has 4 heteroatoms. The first-order valence-corrected chi connectivity index (χ1v) is 6.53. The van der Waals surface area contributed by atoms with Crippen molar-refractivity contribution in [2.24, 2.45) is 0 Å². The number of carbonyl (C=O) groups is 1. The van der Waals surface area contributed by atoms with E-state index in [-0.39, 0.29) is 11.7 Å². The number of hydrogen-bond donors (Lipinski definition) is 3. The molecular weight excluding hydrogens is 264 g/mol. The van der Waals surface area contributed by atoms with Crippen LogP contribution in [0.25, 0.3) is 10.8 Å². The first kappa shape index (κ1) is 13.0. The zero-order valence-corrected chi connectivity index (χ0v) is 11.2.